The van der Waals surface area contributed by atoms with Crippen LogP contribution < -0.4 is 4.74 Å². The zero-order valence-electron chi connectivity index (χ0n) is 12.6. The van der Waals surface area contributed by atoms with Gasteiger partial charge in [-0.1, -0.05) is 11.6 Å². The molecule has 2 rings (SSSR count). The van der Waals surface area contributed by atoms with Crippen LogP contribution in [0.1, 0.15) is 22.8 Å². The predicted molar refractivity (Wildman–Crippen MR) is 89.8 cm³/mol. The van der Waals surface area contributed by atoms with Gasteiger partial charge in [0.1, 0.15) is 5.75 Å². The Morgan fingerprint density at radius 3 is 2.42 bits per heavy atom. The van der Waals surface area contributed by atoms with E-state index in [9.17, 15) is 9.59 Å². The summed E-state index contributed by atoms with van der Waals surface area (Å²) in [6.07, 6.45) is 0.583. The highest BCUT2D eigenvalue weighted by Crippen LogP contribution is 2.26. The molecule has 0 aliphatic carbocycles. The lowest BCUT2D eigenvalue weighted by molar-refractivity contribution is -0.144. The van der Waals surface area contributed by atoms with Crippen LogP contribution in [-0.2, 0) is 4.79 Å². The third kappa shape index (κ3) is 4.57. The fourth-order valence-corrected chi connectivity index (χ4v) is 1.94. The summed E-state index contributed by atoms with van der Waals surface area (Å²) in [4.78, 5) is 25.9. The number of hydrogen-bond acceptors (Lipinski definition) is 4. The van der Waals surface area contributed by atoms with E-state index in [1.807, 2.05) is 0 Å². The summed E-state index contributed by atoms with van der Waals surface area (Å²) in [7, 11) is 0. The topological polar surface area (TPSA) is 96.2 Å². The minimum atomic E-state index is -1.06. The molecule has 24 heavy (non-hydrogen) atoms. The van der Waals surface area contributed by atoms with Crippen molar-refractivity contribution >= 4 is 35.4 Å². The van der Waals surface area contributed by atoms with Crippen LogP contribution >= 0.6 is 11.6 Å². The Morgan fingerprint density at radius 2 is 1.83 bits per heavy atom. The number of carboxylic acid groups (broad SMARTS) is 2. The predicted octanol–water partition coefficient (Wildman–Crippen LogP) is 3.64. The van der Waals surface area contributed by atoms with Crippen molar-refractivity contribution in [3.63, 3.8) is 0 Å². The van der Waals surface area contributed by atoms with Gasteiger partial charge in [0.05, 0.1) is 16.3 Å². The van der Waals surface area contributed by atoms with E-state index in [0.29, 0.717) is 16.5 Å². The summed E-state index contributed by atoms with van der Waals surface area (Å²) in [6, 6.07) is 10.9. The van der Waals surface area contributed by atoms with Crippen molar-refractivity contribution in [2.45, 2.75) is 13.0 Å². The highest BCUT2D eigenvalue weighted by Gasteiger charge is 2.12. The molecule has 124 valence electrons. The van der Waals surface area contributed by atoms with E-state index in [1.54, 1.807) is 24.3 Å². The molecule has 0 saturated heterocycles. The number of benzene rings is 2. The Morgan fingerprint density at radius 1 is 1.17 bits per heavy atom. The smallest absolute Gasteiger partial charge is 0.344 e. The molecule has 0 fully saturated rings. The molecule has 2 N–H and O–H groups in total. The quantitative estimate of drug-likeness (QED) is 0.778. The number of carbonyl (C=O) groups is 2. The Kier molecular flexibility index (Phi) is 5.55. The number of nitrogens with zero attached hydrogens (tertiary/aromatic N) is 1. The molecule has 2 aromatic carbocycles. The molecule has 0 bridgehead atoms. The molecule has 0 heterocycles. The first kappa shape index (κ1) is 17.5. The maximum Gasteiger partial charge on any atom is 0.344 e. The molecular weight excluding hydrogens is 334 g/mol. The number of ether oxygens (including phenoxy) is 1. The second-order valence-corrected chi connectivity index (χ2v) is 5.30. The van der Waals surface area contributed by atoms with Crippen molar-refractivity contribution in [2.75, 3.05) is 0 Å². The molecule has 0 saturated carbocycles. The number of carboxylic acids is 2. The van der Waals surface area contributed by atoms with Gasteiger partial charge in [-0.3, -0.25) is 4.99 Å². The number of aromatic carboxylic acids is 1. The Balaban J connectivity index is 2.14. The highest BCUT2D eigenvalue weighted by atomic mass is 35.5. The Hall–Kier alpha value is -2.86. The van der Waals surface area contributed by atoms with Crippen LogP contribution in [0.4, 0.5) is 5.69 Å². The Bertz CT molecular complexity index is 786. The summed E-state index contributed by atoms with van der Waals surface area (Å²) in [6.45, 7) is 1.44. The molecule has 1 atom stereocenters. The standard InChI is InChI=1S/C17H14ClNO5/c1-10(16(20)21)24-13-5-2-11(3-6-13)9-19-15-8-12(17(22)23)4-7-14(15)18/h2-10H,1H3,(H,20,21)(H,22,23)/t10-/m1/s1. The lowest BCUT2D eigenvalue weighted by Crippen LogP contribution is -2.22. The summed E-state index contributed by atoms with van der Waals surface area (Å²) < 4.78 is 5.22. The molecule has 0 spiro atoms. The van der Waals surface area contributed by atoms with Crippen LogP contribution in [-0.4, -0.2) is 34.5 Å². The van der Waals surface area contributed by atoms with Crippen LogP contribution in [0, 0.1) is 0 Å². The van der Waals surface area contributed by atoms with Gasteiger partial charge in [0.25, 0.3) is 0 Å². The van der Waals surface area contributed by atoms with Crippen molar-refractivity contribution in [1.82, 2.24) is 0 Å². The number of halogens is 1. The molecule has 0 aliphatic rings. The summed E-state index contributed by atoms with van der Waals surface area (Å²) in [5, 5.41) is 18.1. The zero-order valence-corrected chi connectivity index (χ0v) is 13.4. The molecule has 0 unspecified atom stereocenters. The average molecular weight is 348 g/mol. The first-order valence-electron chi connectivity index (χ1n) is 6.93. The SMILES string of the molecule is C[C@@H](Oc1ccc(C=Nc2cc(C(=O)O)ccc2Cl)cc1)C(=O)O. The van der Waals surface area contributed by atoms with E-state index in [4.69, 9.17) is 26.6 Å². The molecule has 7 heteroatoms. The normalized spacial score (nSPS) is 12.1. The molecule has 2 aromatic rings. The lowest BCUT2D eigenvalue weighted by atomic mass is 10.2. The zero-order chi connectivity index (χ0) is 17.7. The highest BCUT2D eigenvalue weighted by molar-refractivity contribution is 6.33. The van der Waals surface area contributed by atoms with Gasteiger partial charge in [-0.05, 0) is 55.0 Å². The van der Waals surface area contributed by atoms with Gasteiger partial charge in [0.15, 0.2) is 6.10 Å². The summed E-state index contributed by atoms with van der Waals surface area (Å²) >= 11 is 6.00. The molecule has 6 nitrogen and oxygen atoms in total. The first-order chi connectivity index (χ1) is 11.4. The minimum Gasteiger partial charge on any atom is -0.479 e. The van der Waals surface area contributed by atoms with Crippen LogP contribution in [0.25, 0.3) is 0 Å². The fraction of sp³-hybridized carbons (Fsp3) is 0.118. The van der Waals surface area contributed by atoms with E-state index >= 15 is 0 Å². The summed E-state index contributed by atoms with van der Waals surface area (Å²) in [5.74, 6) is -1.68. The van der Waals surface area contributed by atoms with Crippen molar-refractivity contribution in [1.29, 1.82) is 0 Å². The third-order valence-electron chi connectivity index (χ3n) is 3.09. The number of aliphatic imine (C=N–C) groups is 1. The number of hydrogen-bond donors (Lipinski definition) is 2. The van der Waals surface area contributed by atoms with Gasteiger partial charge in [0.2, 0.25) is 0 Å². The van der Waals surface area contributed by atoms with E-state index in [0.717, 1.165) is 5.56 Å². The maximum atomic E-state index is 11.0. The van der Waals surface area contributed by atoms with E-state index in [2.05, 4.69) is 4.99 Å². The van der Waals surface area contributed by atoms with E-state index < -0.39 is 18.0 Å². The van der Waals surface area contributed by atoms with Gasteiger partial charge in [-0.2, -0.15) is 0 Å². The largest absolute Gasteiger partial charge is 0.479 e. The van der Waals surface area contributed by atoms with Gasteiger partial charge in [-0.15, -0.1) is 0 Å². The molecule has 0 aliphatic heterocycles. The van der Waals surface area contributed by atoms with Crippen LogP contribution in [0.3, 0.4) is 0 Å². The van der Waals surface area contributed by atoms with E-state index in [-0.39, 0.29) is 5.56 Å². The van der Waals surface area contributed by atoms with Crippen molar-refractivity contribution in [3.8, 4) is 5.75 Å². The van der Waals surface area contributed by atoms with Crippen molar-refractivity contribution in [2.24, 2.45) is 4.99 Å². The fourth-order valence-electron chi connectivity index (χ4n) is 1.78. The number of aliphatic carboxylic acids is 1. The third-order valence-corrected chi connectivity index (χ3v) is 3.41. The molecule has 0 aromatic heterocycles. The second-order valence-electron chi connectivity index (χ2n) is 4.90. The first-order valence-corrected chi connectivity index (χ1v) is 7.31. The average Bonchev–Trinajstić information content (AvgIpc) is 2.55. The van der Waals surface area contributed by atoms with Gasteiger partial charge < -0.3 is 14.9 Å². The Labute approximate surface area is 143 Å². The molecule has 0 amide bonds. The maximum absolute atomic E-state index is 11.0. The van der Waals surface area contributed by atoms with Gasteiger partial charge in [-0.25, -0.2) is 9.59 Å². The van der Waals surface area contributed by atoms with E-state index in [1.165, 1.54) is 31.3 Å². The van der Waals surface area contributed by atoms with Gasteiger partial charge in [0, 0.05) is 6.21 Å². The van der Waals surface area contributed by atoms with Crippen LogP contribution in [0.15, 0.2) is 47.5 Å². The lowest BCUT2D eigenvalue weighted by Gasteiger charge is -2.09. The molecule has 0 radical (unpaired) electrons. The van der Waals surface area contributed by atoms with Gasteiger partial charge >= 0.3 is 11.9 Å². The molecular formula is C17H14ClNO5. The van der Waals surface area contributed by atoms with Crippen molar-refractivity contribution in [3.05, 3.63) is 58.6 Å². The minimum absolute atomic E-state index is 0.0953. The second kappa shape index (κ2) is 7.61. The van der Waals surface area contributed by atoms with Crippen LogP contribution in [0.5, 0.6) is 5.75 Å². The van der Waals surface area contributed by atoms with Crippen LogP contribution in [0.2, 0.25) is 5.02 Å². The monoisotopic (exact) mass is 347 g/mol. The van der Waals surface area contributed by atoms with Crippen molar-refractivity contribution < 1.29 is 24.5 Å². The number of rotatable bonds is 6. The summed E-state index contributed by atoms with van der Waals surface area (Å²) in [5.41, 5.74) is 1.16.